The summed E-state index contributed by atoms with van der Waals surface area (Å²) in [6.45, 7) is 4.09. The number of hydrogen-bond donors (Lipinski definition) is 1. The monoisotopic (exact) mass is 291 g/mol. The van der Waals surface area contributed by atoms with Crippen molar-refractivity contribution in [3.8, 4) is 0 Å². The summed E-state index contributed by atoms with van der Waals surface area (Å²) in [6, 6.07) is 9.32. The van der Waals surface area contributed by atoms with Crippen molar-refractivity contribution in [1.82, 2.24) is 5.32 Å². The van der Waals surface area contributed by atoms with Gasteiger partial charge in [-0.25, -0.2) is 9.59 Å². The van der Waals surface area contributed by atoms with Crippen LogP contribution >= 0.6 is 0 Å². The molecule has 1 rings (SSSR count). The van der Waals surface area contributed by atoms with E-state index in [2.05, 4.69) is 5.32 Å². The Kier molecular flexibility index (Phi) is 7.64. The molecule has 0 spiro atoms. The van der Waals surface area contributed by atoms with Crippen LogP contribution in [0, 0.1) is 0 Å². The van der Waals surface area contributed by atoms with E-state index in [1.165, 1.54) is 0 Å². The molecule has 5 nitrogen and oxygen atoms in total. The van der Waals surface area contributed by atoms with E-state index in [0.29, 0.717) is 6.42 Å². The van der Waals surface area contributed by atoms with Gasteiger partial charge >= 0.3 is 12.1 Å². The number of allylic oxidation sites excluding steroid dienone is 1. The summed E-state index contributed by atoms with van der Waals surface area (Å²) in [5.74, 6) is -0.553. The third kappa shape index (κ3) is 6.61. The molecule has 0 aliphatic heterocycles. The summed E-state index contributed by atoms with van der Waals surface area (Å²) in [7, 11) is 0. The van der Waals surface area contributed by atoms with Crippen molar-refractivity contribution >= 4 is 12.1 Å². The van der Waals surface area contributed by atoms with E-state index >= 15 is 0 Å². The number of carbonyl (C=O) groups is 2. The molecule has 21 heavy (non-hydrogen) atoms. The minimum atomic E-state index is -0.672. The number of hydrogen-bond acceptors (Lipinski definition) is 4. The summed E-state index contributed by atoms with van der Waals surface area (Å²) in [5, 5.41) is 2.43. The van der Waals surface area contributed by atoms with Crippen LogP contribution in [0.25, 0.3) is 0 Å². The quantitative estimate of drug-likeness (QED) is 0.619. The van der Waals surface area contributed by atoms with Gasteiger partial charge in [0.05, 0.1) is 6.61 Å². The second-order valence-corrected chi connectivity index (χ2v) is 4.31. The lowest BCUT2D eigenvalue weighted by Crippen LogP contribution is -2.29. The standard InChI is InChI=1S/C16H21NO4/c1-3-5-11-14(15(18)20-4-2)17-16(19)21-12-13-9-7-6-8-10-13/h6-11H,3-5,12H2,1-2H3,(H,17,19)/b14-11-. The first kappa shape index (κ1) is 16.8. The number of nitrogens with one attached hydrogen (secondary N) is 1. The molecule has 0 atom stereocenters. The molecule has 0 unspecified atom stereocenters. The van der Waals surface area contributed by atoms with Crippen molar-refractivity contribution in [3.63, 3.8) is 0 Å². The van der Waals surface area contributed by atoms with Gasteiger partial charge < -0.3 is 9.47 Å². The molecule has 0 aromatic heterocycles. The van der Waals surface area contributed by atoms with E-state index in [4.69, 9.17) is 9.47 Å². The molecule has 1 aromatic rings. The zero-order valence-corrected chi connectivity index (χ0v) is 12.4. The number of unbranched alkanes of at least 4 members (excludes halogenated alkanes) is 1. The predicted octanol–water partition coefficient (Wildman–Crippen LogP) is 3.16. The maximum absolute atomic E-state index is 11.7. The number of benzene rings is 1. The third-order valence-electron chi connectivity index (χ3n) is 2.58. The van der Waals surface area contributed by atoms with Crippen molar-refractivity contribution in [2.24, 2.45) is 0 Å². The highest BCUT2D eigenvalue weighted by Gasteiger charge is 2.14. The zero-order chi connectivity index (χ0) is 15.5. The SMILES string of the molecule is CCC/C=C(\NC(=O)OCc1ccccc1)C(=O)OCC. The minimum absolute atomic E-state index is 0.122. The Hall–Kier alpha value is -2.30. The second kappa shape index (κ2) is 9.58. The van der Waals surface area contributed by atoms with Gasteiger partial charge in [-0.2, -0.15) is 0 Å². The van der Waals surface area contributed by atoms with Crippen molar-refractivity contribution in [2.75, 3.05) is 6.61 Å². The average molecular weight is 291 g/mol. The highest BCUT2D eigenvalue weighted by molar-refractivity contribution is 5.92. The lowest BCUT2D eigenvalue weighted by atomic mass is 10.2. The van der Waals surface area contributed by atoms with Gasteiger partial charge in [0.15, 0.2) is 0 Å². The van der Waals surface area contributed by atoms with Gasteiger partial charge in [0.1, 0.15) is 12.3 Å². The number of esters is 1. The molecule has 0 saturated carbocycles. The number of carbonyl (C=O) groups excluding carboxylic acids is 2. The van der Waals surface area contributed by atoms with Crippen LogP contribution in [-0.2, 0) is 20.9 Å². The average Bonchev–Trinajstić information content (AvgIpc) is 2.50. The molecule has 0 aliphatic rings. The number of ether oxygens (including phenoxy) is 2. The van der Waals surface area contributed by atoms with Gasteiger partial charge in [-0.15, -0.1) is 0 Å². The fourth-order valence-corrected chi connectivity index (χ4v) is 1.55. The molecule has 0 aliphatic carbocycles. The first-order chi connectivity index (χ1) is 10.2. The van der Waals surface area contributed by atoms with Crippen molar-refractivity contribution in [1.29, 1.82) is 0 Å². The molecule has 0 bridgehead atoms. The second-order valence-electron chi connectivity index (χ2n) is 4.31. The van der Waals surface area contributed by atoms with Crippen LogP contribution in [0.5, 0.6) is 0 Å². The Morgan fingerprint density at radius 1 is 1.14 bits per heavy atom. The molecule has 1 amide bonds. The van der Waals surface area contributed by atoms with Crippen LogP contribution in [0.4, 0.5) is 4.79 Å². The van der Waals surface area contributed by atoms with Crippen molar-refractivity contribution < 1.29 is 19.1 Å². The lowest BCUT2D eigenvalue weighted by Gasteiger charge is -2.10. The van der Waals surface area contributed by atoms with Gasteiger partial charge in [-0.1, -0.05) is 49.8 Å². The number of alkyl carbamates (subject to hydrolysis) is 1. The Morgan fingerprint density at radius 3 is 2.48 bits per heavy atom. The van der Waals surface area contributed by atoms with Gasteiger partial charge in [0, 0.05) is 0 Å². The van der Waals surface area contributed by atoms with Crippen molar-refractivity contribution in [2.45, 2.75) is 33.3 Å². The Bertz CT molecular complexity index is 482. The van der Waals surface area contributed by atoms with Crippen LogP contribution in [0.2, 0.25) is 0 Å². The molecule has 0 heterocycles. The molecule has 0 fully saturated rings. The summed E-state index contributed by atoms with van der Waals surface area (Å²) in [4.78, 5) is 23.4. The minimum Gasteiger partial charge on any atom is -0.461 e. The molecule has 1 N–H and O–H groups in total. The Balaban J connectivity index is 2.53. The molecule has 114 valence electrons. The summed E-state index contributed by atoms with van der Waals surface area (Å²) in [5.41, 5.74) is 1.000. The van der Waals surface area contributed by atoms with Crippen molar-refractivity contribution in [3.05, 3.63) is 47.7 Å². The molecule has 0 radical (unpaired) electrons. The number of amides is 1. The molecular formula is C16H21NO4. The van der Waals surface area contributed by atoms with E-state index in [1.807, 2.05) is 37.3 Å². The summed E-state index contributed by atoms with van der Waals surface area (Å²) < 4.78 is 9.96. The van der Waals surface area contributed by atoms with Gasteiger partial charge in [-0.3, -0.25) is 5.32 Å². The topological polar surface area (TPSA) is 64.6 Å². The van der Waals surface area contributed by atoms with Gasteiger partial charge in [-0.05, 0) is 18.9 Å². The van der Waals surface area contributed by atoms with E-state index in [9.17, 15) is 9.59 Å². The predicted molar refractivity (Wildman–Crippen MR) is 79.4 cm³/mol. The van der Waals surface area contributed by atoms with E-state index < -0.39 is 12.1 Å². The largest absolute Gasteiger partial charge is 0.461 e. The number of rotatable bonds is 7. The Morgan fingerprint density at radius 2 is 1.86 bits per heavy atom. The zero-order valence-electron chi connectivity index (χ0n) is 12.4. The fraction of sp³-hybridized carbons (Fsp3) is 0.375. The first-order valence-corrected chi connectivity index (χ1v) is 7.02. The van der Waals surface area contributed by atoms with Gasteiger partial charge in [0.2, 0.25) is 0 Å². The van der Waals surface area contributed by atoms with Crippen LogP contribution < -0.4 is 5.32 Å². The maximum atomic E-state index is 11.7. The summed E-state index contributed by atoms with van der Waals surface area (Å²) >= 11 is 0. The summed E-state index contributed by atoms with van der Waals surface area (Å²) in [6.07, 6.45) is 2.51. The molecule has 1 aromatic carbocycles. The molecular weight excluding hydrogens is 270 g/mol. The third-order valence-corrected chi connectivity index (χ3v) is 2.58. The lowest BCUT2D eigenvalue weighted by molar-refractivity contribution is -0.138. The highest BCUT2D eigenvalue weighted by Crippen LogP contribution is 2.03. The van der Waals surface area contributed by atoms with E-state index in [-0.39, 0.29) is 18.9 Å². The first-order valence-electron chi connectivity index (χ1n) is 7.02. The van der Waals surface area contributed by atoms with E-state index in [1.54, 1.807) is 13.0 Å². The normalized spacial score (nSPS) is 10.9. The molecule has 5 heteroatoms. The van der Waals surface area contributed by atoms with Crippen LogP contribution in [-0.4, -0.2) is 18.7 Å². The highest BCUT2D eigenvalue weighted by atomic mass is 16.6. The van der Waals surface area contributed by atoms with Gasteiger partial charge in [0.25, 0.3) is 0 Å². The van der Waals surface area contributed by atoms with Crippen LogP contribution in [0.1, 0.15) is 32.3 Å². The Labute approximate surface area is 124 Å². The van der Waals surface area contributed by atoms with E-state index in [0.717, 1.165) is 12.0 Å². The van der Waals surface area contributed by atoms with Crippen LogP contribution in [0.15, 0.2) is 42.1 Å². The smallest absolute Gasteiger partial charge is 0.412 e. The van der Waals surface area contributed by atoms with Crippen LogP contribution in [0.3, 0.4) is 0 Å². The maximum Gasteiger partial charge on any atom is 0.412 e. The fourth-order valence-electron chi connectivity index (χ4n) is 1.55. The molecule has 0 saturated heterocycles.